The maximum Gasteiger partial charge on any atom is 0.414 e. The highest BCUT2D eigenvalue weighted by molar-refractivity contribution is 5.71. The molecule has 0 aromatic heterocycles. The number of halogens is 1. The molecule has 1 aliphatic rings. The van der Waals surface area contributed by atoms with Gasteiger partial charge in [-0.15, -0.1) is 0 Å². The Morgan fingerprint density at radius 1 is 1.64 bits per heavy atom. The van der Waals surface area contributed by atoms with Gasteiger partial charge in [0.05, 0.1) is 5.70 Å². The standard InChI is InChI=1S/C10H16FNO2/c1-7-8(11)5-6-12(7)9(13)14-10(2,3)4/h8H,1,5-6H2,2-4H3/t8-/m0/s1. The number of likely N-dealkylation sites (tertiary alicyclic amines) is 1. The molecule has 1 amide bonds. The third-order valence-corrected chi connectivity index (χ3v) is 1.93. The van der Waals surface area contributed by atoms with Crippen LogP contribution in [-0.2, 0) is 4.74 Å². The molecular weight excluding hydrogens is 185 g/mol. The van der Waals surface area contributed by atoms with E-state index in [-0.39, 0.29) is 5.70 Å². The fourth-order valence-corrected chi connectivity index (χ4v) is 1.25. The van der Waals surface area contributed by atoms with E-state index in [9.17, 15) is 9.18 Å². The number of ether oxygens (including phenoxy) is 1. The summed E-state index contributed by atoms with van der Waals surface area (Å²) >= 11 is 0. The minimum absolute atomic E-state index is 0.208. The van der Waals surface area contributed by atoms with Gasteiger partial charge < -0.3 is 4.74 Å². The fourth-order valence-electron chi connectivity index (χ4n) is 1.25. The summed E-state index contributed by atoms with van der Waals surface area (Å²) in [4.78, 5) is 12.8. The Morgan fingerprint density at radius 2 is 2.21 bits per heavy atom. The number of hydrogen-bond donors (Lipinski definition) is 0. The monoisotopic (exact) mass is 201 g/mol. The average Bonchev–Trinajstić information content (AvgIpc) is 2.29. The summed E-state index contributed by atoms with van der Waals surface area (Å²) in [6, 6.07) is 0. The molecule has 0 aliphatic carbocycles. The Kier molecular flexibility index (Phi) is 2.83. The Morgan fingerprint density at radius 3 is 2.57 bits per heavy atom. The van der Waals surface area contributed by atoms with Gasteiger partial charge in [0.15, 0.2) is 0 Å². The average molecular weight is 201 g/mol. The third kappa shape index (κ3) is 2.47. The highest BCUT2D eigenvalue weighted by atomic mass is 19.1. The zero-order valence-corrected chi connectivity index (χ0v) is 8.84. The molecule has 0 N–H and O–H groups in total. The van der Waals surface area contributed by atoms with E-state index in [1.54, 1.807) is 20.8 Å². The van der Waals surface area contributed by atoms with Crippen LogP contribution < -0.4 is 0 Å². The molecule has 1 atom stereocenters. The molecule has 1 fully saturated rings. The van der Waals surface area contributed by atoms with Crippen molar-refractivity contribution in [3.63, 3.8) is 0 Å². The second-order valence-corrected chi connectivity index (χ2v) is 4.38. The minimum Gasteiger partial charge on any atom is -0.443 e. The van der Waals surface area contributed by atoms with Gasteiger partial charge in [0, 0.05) is 13.0 Å². The molecule has 0 saturated carbocycles. The van der Waals surface area contributed by atoms with Crippen molar-refractivity contribution in [1.29, 1.82) is 0 Å². The summed E-state index contributed by atoms with van der Waals surface area (Å²) in [6.45, 7) is 9.20. The van der Waals surface area contributed by atoms with Gasteiger partial charge in [-0.25, -0.2) is 9.18 Å². The minimum atomic E-state index is -1.11. The smallest absolute Gasteiger partial charge is 0.414 e. The Labute approximate surface area is 83.5 Å². The van der Waals surface area contributed by atoms with Crippen LogP contribution in [0.15, 0.2) is 12.3 Å². The molecule has 0 aromatic rings. The molecule has 0 unspecified atom stereocenters. The SMILES string of the molecule is C=C1[C@@H](F)CCN1C(=O)OC(C)(C)C. The lowest BCUT2D eigenvalue weighted by Gasteiger charge is -2.24. The first-order valence-corrected chi connectivity index (χ1v) is 4.64. The van der Waals surface area contributed by atoms with Gasteiger partial charge in [0.2, 0.25) is 0 Å². The van der Waals surface area contributed by atoms with E-state index < -0.39 is 17.9 Å². The molecule has 3 nitrogen and oxygen atoms in total. The predicted octanol–water partition coefficient (Wildman–Crippen LogP) is 2.48. The molecule has 0 bridgehead atoms. The van der Waals surface area contributed by atoms with Crippen LogP contribution in [0, 0.1) is 0 Å². The van der Waals surface area contributed by atoms with E-state index in [2.05, 4.69) is 6.58 Å². The zero-order chi connectivity index (χ0) is 10.9. The number of alkyl halides is 1. The van der Waals surface area contributed by atoms with E-state index in [0.29, 0.717) is 13.0 Å². The van der Waals surface area contributed by atoms with Crippen molar-refractivity contribution < 1.29 is 13.9 Å². The van der Waals surface area contributed by atoms with Crippen LogP contribution in [-0.4, -0.2) is 29.3 Å². The van der Waals surface area contributed by atoms with Crippen molar-refractivity contribution in [3.05, 3.63) is 12.3 Å². The summed E-state index contributed by atoms with van der Waals surface area (Å²) in [5.41, 5.74) is -0.342. The molecule has 4 heteroatoms. The number of hydrogen-bond acceptors (Lipinski definition) is 2. The van der Waals surface area contributed by atoms with Gasteiger partial charge in [-0.2, -0.15) is 0 Å². The van der Waals surface area contributed by atoms with Crippen LogP contribution in [0.1, 0.15) is 27.2 Å². The lowest BCUT2D eigenvalue weighted by atomic mass is 10.2. The highest BCUT2D eigenvalue weighted by Crippen LogP contribution is 2.24. The van der Waals surface area contributed by atoms with Crippen LogP contribution in [0.5, 0.6) is 0 Å². The van der Waals surface area contributed by atoms with Crippen LogP contribution in [0.2, 0.25) is 0 Å². The molecular formula is C10H16FNO2. The van der Waals surface area contributed by atoms with Gasteiger partial charge in [0.25, 0.3) is 0 Å². The Hall–Kier alpha value is -1.06. The maximum absolute atomic E-state index is 13.0. The van der Waals surface area contributed by atoms with Crippen molar-refractivity contribution in [2.45, 2.75) is 39.0 Å². The lowest BCUT2D eigenvalue weighted by molar-refractivity contribution is 0.0336. The molecule has 1 aliphatic heterocycles. The number of allylic oxidation sites excluding steroid dienone is 1. The number of amides is 1. The normalized spacial score (nSPS) is 22.7. The van der Waals surface area contributed by atoms with Gasteiger partial charge >= 0.3 is 6.09 Å². The van der Waals surface area contributed by atoms with Crippen molar-refractivity contribution in [3.8, 4) is 0 Å². The van der Waals surface area contributed by atoms with Gasteiger partial charge in [-0.3, -0.25) is 4.90 Å². The Bertz CT molecular complexity index is 257. The predicted molar refractivity (Wildman–Crippen MR) is 51.6 cm³/mol. The molecule has 1 saturated heterocycles. The van der Waals surface area contributed by atoms with Gasteiger partial charge in [-0.05, 0) is 20.8 Å². The van der Waals surface area contributed by atoms with Gasteiger partial charge in [-0.1, -0.05) is 6.58 Å². The van der Waals surface area contributed by atoms with Gasteiger partial charge in [0.1, 0.15) is 11.8 Å². The van der Waals surface area contributed by atoms with E-state index in [1.165, 1.54) is 4.90 Å². The summed E-state index contributed by atoms with van der Waals surface area (Å²) < 4.78 is 18.1. The second kappa shape index (κ2) is 3.59. The lowest BCUT2D eigenvalue weighted by Crippen LogP contribution is -2.34. The van der Waals surface area contributed by atoms with Crippen molar-refractivity contribution in [2.24, 2.45) is 0 Å². The molecule has 0 radical (unpaired) electrons. The largest absolute Gasteiger partial charge is 0.443 e. The number of carbonyl (C=O) groups excluding carboxylic acids is 1. The van der Waals surface area contributed by atoms with Crippen LogP contribution in [0.3, 0.4) is 0 Å². The molecule has 0 spiro atoms. The quantitative estimate of drug-likeness (QED) is 0.602. The molecule has 80 valence electrons. The van der Waals surface area contributed by atoms with E-state index in [0.717, 1.165) is 0 Å². The van der Waals surface area contributed by atoms with Crippen LogP contribution in [0.4, 0.5) is 9.18 Å². The first kappa shape index (κ1) is 11.0. The molecule has 1 heterocycles. The van der Waals surface area contributed by atoms with Crippen molar-refractivity contribution in [2.75, 3.05) is 6.54 Å². The number of nitrogens with zero attached hydrogens (tertiary/aromatic N) is 1. The van der Waals surface area contributed by atoms with Crippen molar-refractivity contribution >= 4 is 6.09 Å². The second-order valence-electron chi connectivity index (χ2n) is 4.38. The van der Waals surface area contributed by atoms with E-state index >= 15 is 0 Å². The summed E-state index contributed by atoms with van der Waals surface area (Å²) in [5.74, 6) is 0. The summed E-state index contributed by atoms with van der Waals surface area (Å²) in [7, 11) is 0. The highest BCUT2D eigenvalue weighted by Gasteiger charge is 2.33. The summed E-state index contributed by atoms with van der Waals surface area (Å²) in [6.07, 6.45) is -1.30. The van der Waals surface area contributed by atoms with E-state index in [4.69, 9.17) is 4.74 Å². The maximum atomic E-state index is 13.0. The molecule has 14 heavy (non-hydrogen) atoms. The topological polar surface area (TPSA) is 29.5 Å². The zero-order valence-electron chi connectivity index (χ0n) is 8.84. The number of carbonyl (C=O) groups is 1. The molecule has 0 aromatic carbocycles. The fraction of sp³-hybridized carbons (Fsp3) is 0.700. The van der Waals surface area contributed by atoms with Crippen LogP contribution >= 0.6 is 0 Å². The third-order valence-electron chi connectivity index (χ3n) is 1.93. The summed E-state index contributed by atoms with van der Waals surface area (Å²) in [5, 5.41) is 0. The first-order chi connectivity index (χ1) is 6.31. The first-order valence-electron chi connectivity index (χ1n) is 4.64. The Balaban J connectivity index is 2.59. The van der Waals surface area contributed by atoms with Crippen molar-refractivity contribution in [1.82, 2.24) is 4.90 Å². The van der Waals surface area contributed by atoms with E-state index in [1.807, 2.05) is 0 Å². The number of rotatable bonds is 0. The molecule has 1 rings (SSSR count). The van der Waals surface area contributed by atoms with Crippen LogP contribution in [0.25, 0.3) is 0 Å².